The number of aromatic amines is 1. The van der Waals surface area contributed by atoms with Gasteiger partial charge in [-0.15, -0.1) is 0 Å². The Bertz CT molecular complexity index is 659. The van der Waals surface area contributed by atoms with Crippen LogP contribution in [0.1, 0.15) is 19.0 Å². The van der Waals surface area contributed by atoms with Crippen LogP contribution in [0.3, 0.4) is 0 Å². The third-order valence-corrected chi connectivity index (χ3v) is 4.68. The minimum Gasteiger partial charge on any atom is -0.345 e. The molecule has 2 aromatic rings. The molecule has 23 heavy (non-hydrogen) atoms. The zero-order valence-electron chi connectivity index (χ0n) is 13.7. The predicted octanol–water partition coefficient (Wildman–Crippen LogP) is 3.36. The summed E-state index contributed by atoms with van der Waals surface area (Å²) in [6.45, 7) is 2.63. The summed E-state index contributed by atoms with van der Waals surface area (Å²) in [5.74, 6) is -0.113. The Morgan fingerprint density at radius 3 is 2.91 bits per heavy atom. The van der Waals surface area contributed by atoms with Crippen LogP contribution >= 0.6 is 11.8 Å². The lowest BCUT2D eigenvalue weighted by atomic mass is 10.1. The van der Waals surface area contributed by atoms with E-state index in [1.807, 2.05) is 32.4 Å². The fourth-order valence-corrected chi connectivity index (χ4v) is 2.69. The Morgan fingerprint density at radius 2 is 2.22 bits per heavy atom. The second kappa shape index (κ2) is 8.15. The SMILES string of the molecule is CSC(C)C(=O)N(C)CCCc1cc(-c2cccc(F)c2)n[nH]1. The van der Waals surface area contributed by atoms with Gasteiger partial charge in [0.05, 0.1) is 10.9 Å². The number of halogens is 1. The molecule has 1 unspecified atom stereocenters. The quantitative estimate of drug-likeness (QED) is 0.844. The van der Waals surface area contributed by atoms with Gasteiger partial charge in [0.15, 0.2) is 0 Å². The first-order valence-corrected chi connectivity index (χ1v) is 8.88. The fraction of sp³-hybridized carbons (Fsp3) is 0.412. The highest BCUT2D eigenvalue weighted by atomic mass is 32.2. The van der Waals surface area contributed by atoms with Crippen molar-refractivity contribution in [2.75, 3.05) is 19.8 Å². The highest BCUT2D eigenvalue weighted by Crippen LogP contribution is 2.19. The van der Waals surface area contributed by atoms with Crippen LogP contribution in [0.15, 0.2) is 30.3 Å². The van der Waals surface area contributed by atoms with E-state index >= 15 is 0 Å². The topological polar surface area (TPSA) is 49.0 Å². The molecule has 0 aliphatic rings. The first kappa shape index (κ1) is 17.5. The second-order valence-corrected chi connectivity index (χ2v) is 6.71. The number of thioether (sulfide) groups is 1. The zero-order valence-corrected chi connectivity index (χ0v) is 14.5. The van der Waals surface area contributed by atoms with Gasteiger partial charge >= 0.3 is 0 Å². The van der Waals surface area contributed by atoms with Crippen molar-refractivity contribution in [3.05, 3.63) is 41.8 Å². The maximum absolute atomic E-state index is 13.2. The van der Waals surface area contributed by atoms with Gasteiger partial charge in [-0.05, 0) is 44.2 Å². The zero-order chi connectivity index (χ0) is 16.8. The van der Waals surface area contributed by atoms with Crippen molar-refractivity contribution >= 4 is 17.7 Å². The molecule has 1 atom stereocenters. The summed E-state index contributed by atoms with van der Waals surface area (Å²) in [5.41, 5.74) is 2.48. The Hall–Kier alpha value is -1.82. The molecular formula is C17H22FN3OS. The number of hydrogen-bond acceptors (Lipinski definition) is 3. The Kier molecular flexibility index (Phi) is 6.21. The van der Waals surface area contributed by atoms with Crippen LogP contribution in [0.5, 0.6) is 0 Å². The van der Waals surface area contributed by atoms with Gasteiger partial charge in [-0.3, -0.25) is 9.89 Å². The molecule has 0 bridgehead atoms. The number of benzene rings is 1. The van der Waals surface area contributed by atoms with E-state index in [9.17, 15) is 9.18 Å². The summed E-state index contributed by atoms with van der Waals surface area (Å²) >= 11 is 1.56. The van der Waals surface area contributed by atoms with Gasteiger partial charge in [0.25, 0.3) is 0 Å². The molecule has 6 heteroatoms. The van der Waals surface area contributed by atoms with Crippen LogP contribution in [-0.2, 0) is 11.2 Å². The Balaban J connectivity index is 1.87. The fourth-order valence-electron chi connectivity index (χ4n) is 2.31. The van der Waals surface area contributed by atoms with Crippen LogP contribution < -0.4 is 0 Å². The van der Waals surface area contributed by atoms with Gasteiger partial charge < -0.3 is 4.90 Å². The van der Waals surface area contributed by atoms with Crippen molar-refractivity contribution in [3.8, 4) is 11.3 Å². The van der Waals surface area contributed by atoms with Crippen LogP contribution in [-0.4, -0.2) is 46.1 Å². The number of carbonyl (C=O) groups excluding carboxylic acids is 1. The molecular weight excluding hydrogens is 313 g/mol. The van der Waals surface area contributed by atoms with Crippen LogP contribution in [0.2, 0.25) is 0 Å². The number of nitrogens with one attached hydrogen (secondary N) is 1. The standard InChI is InChI=1S/C17H22FN3OS/c1-12(23-3)17(22)21(2)9-5-8-15-11-16(20-19-15)13-6-4-7-14(18)10-13/h4,6-7,10-12H,5,8-9H2,1-3H3,(H,19,20). The summed E-state index contributed by atoms with van der Waals surface area (Å²) in [6, 6.07) is 8.32. The van der Waals surface area contributed by atoms with Crippen molar-refractivity contribution in [2.45, 2.75) is 25.0 Å². The van der Waals surface area contributed by atoms with Crippen molar-refractivity contribution in [1.82, 2.24) is 15.1 Å². The van der Waals surface area contributed by atoms with E-state index in [0.717, 1.165) is 29.8 Å². The molecule has 1 aromatic heterocycles. The summed E-state index contributed by atoms with van der Waals surface area (Å²) in [5, 5.41) is 7.20. The molecule has 0 aliphatic heterocycles. The van der Waals surface area contributed by atoms with E-state index in [-0.39, 0.29) is 17.0 Å². The predicted molar refractivity (Wildman–Crippen MR) is 92.9 cm³/mol. The highest BCUT2D eigenvalue weighted by Gasteiger charge is 2.15. The maximum Gasteiger partial charge on any atom is 0.235 e. The summed E-state index contributed by atoms with van der Waals surface area (Å²) in [6.07, 6.45) is 3.59. The van der Waals surface area contributed by atoms with Gasteiger partial charge in [0.2, 0.25) is 5.91 Å². The lowest BCUT2D eigenvalue weighted by Gasteiger charge is -2.20. The summed E-state index contributed by atoms with van der Waals surface area (Å²) < 4.78 is 13.2. The van der Waals surface area contributed by atoms with E-state index in [4.69, 9.17) is 0 Å². The van der Waals surface area contributed by atoms with Crippen molar-refractivity contribution in [2.24, 2.45) is 0 Å². The summed E-state index contributed by atoms with van der Waals surface area (Å²) in [4.78, 5) is 13.8. The number of rotatable bonds is 7. The molecule has 0 spiro atoms. The number of carbonyl (C=O) groups is 1. The largest absolute Gasteiger partial charge is 0.345 e. The molecule has 0 radical (unpaired) electrons. The van der Waals surface area contributed by atoms with Crippen molar-refractivity contribution < 1.29 is 9.18 Å². The number of aryl methyl sites for hydroxylation is 1. The van der Waals surface area contributed by atoms with Crippen LogP contribution in [0.25, 0.3) is 11.3 Å². The van der Waals surface area contributed by atoms with Crippen molar-refractivity contribution in [1.29, 1.82) is 0 Å². The third kappa shape index (κ3) is 4.82. The number of hydrogen-bond donors (Lipinski definition) is 1. The molecule has 1 heterocycles. The third-order valence-electron chi connectivity index (χ3n) is 3.77. The maximum atomic E-state index is 13.2. The van der Waals surface area contributed by atoms with E-state index in [2.05, 4.69) is 10.2 Å². The average molecular weight is 335 g/mol. The number of H-pyrrole nitrogens is 1. The first-order chi connectivity index (χ1) is 11.0. The molecule has 2 rings (SSSR count). The molecule has 0 saturated heterocycles. The van der Waals surface area contributed by atoms with Crippen LogP contribution in [0, 0.1) is 5.82 Å². The number of nitrogens with zero attached hydrogens (tertiary/aromatic N) is 2. The Morgan fingerprint density at radius 1 is 1.43 bits per heavy atom. The van der Waals surface area contributed by atoms with E-state index in [1.165, 1.54) is 12.1 Å². The van der Waals surface area contributed by atoms with Gasteiger partial charge in [-0.25, -0.2) is 4.39 Å². The molecule has 124 valence electrons. The summed E-state index contributed by atoms with van der Waals surface area (Å²) in [7, 11) is 1.83. The molecule has 0 saturated carbocycles. The van der Waals surface area contributed by atoms with E-state index in [1.54, 1.807) is 22.7 Å². The minimum atomic E-state index is -0.268. The van der Waals surface area contributed by atoms with Gasteiger partial charge in [-0.1, -0.05) is 12.1 Å². The van der Waals surface area contributed by atoms with Gasteiger partial charge in [0.1, 0.15) is 5.82 Å². The lowest BCUT2D eigenvalue weighted by Crippen LogP contribution is -2.34. The monoisotopic (exact) mass is 335 g/mol. The lowest BCUT2D eigenvalue weighted by molar-refractivity contribution is -0.129. The smallest absolute Gasteiger partial charge is 0.235 e. The first-order valence-electron chi connectivity index (χ1n) is 7.59. The normalized spacial score (nSPS) is 12.2. The average Bonchev–Trinajstić information content (AvgIpc) is 3.02. The second-order valence-electron chi connectivity index (χ2n) is 5.53. The minimum absolute atomic E-state index is 0.00765. The number of amides is 1. The molecule has 4 nitrogen and oxygen atoms in total. The molecule has 0 fully saturated rings. The van der Waals surface area contributed by atoms with Gasteiger partial charge in [0, 0.05) is 24.8 Å². The molecule has 1 amide bonds. The molecule has 0 aliphatic carbocycles. The molecule has 1 N–H and O–H groups in total. The highest BCUT2D eigenvalue weighted by molar-refractivity contribution is 7.99. The van der Waals surface area contributed by atoms with Gasteiger partial charge in [-0.2, -0.15) is 16.9 Å². The van der Waals surface area contributed by atoms with Crippen LogP contribution in [0.4, 0.5) is 4.39 Å². The number of aromatic nitrogens is 2. The van der Waals surface area contributed by atoms with E-state index in [0.29, 0.717) is 6.54 Å². The Labute approximate surface area is 140 Å². The van der Waals surface area contributed by atoms with Crippen molar-refractivity contribution in [3.63, 3.8) is 0 Å². The molecule has 1 aromatic carbocycles. The van der Waals surface area contributed by atoms with E-state index < -0.39 is 0 Å².